The molecule has 0 unspecified atom stereocenters. The largest absolute Gasteiger partial charge is 0.485 e. The predicted octanol–water partition coefficient (Wildman–Crippen LogP) is 1.86. The molecular weight excluding hydrogens is 400 g/mol. The molecule has 2 fully saturated rings. The molecule has 160 valence electrons. The van der Waals surface area contributed by atoms with Gasteiger partial charge in [0.1, 0.15) is 24.1 Å². The lowest BCUT2D eigenvalue weighted by Crippen LogP contribution is -2.30. The Morgan fingerprint density at radius 2 is 1.81 bits per heavy atom. The van der Waals surface area contributed by atoms with Crippen LogP contribution in [0.15, 0.2) is 49.1 Å². The molecule has 9 nitrogen and oxygen atoms in total. The molecule has 2 atom stereocenters. The number of methoxy groups -OCH3 is 1. The van der Waals surface area contributed by atoms with Crippen molar-refractivity contribution in [1.82, 2.24) is 15.0 Å². The van der Waals surface area contributed by atoms with Crippen molar-refractivity contribution >= 4 is 22.7 Å². The lowest BCUT2D eigenvalue weighted by molar-refractivity contribution is -0.00461. The molecule has 2 saturated heterocycles. The predicted molar refractivity (Wildman–Crippen MR) is 111 cm³/mol. The Labute approximate surface area is 178 Å². The molecule has 5 rings (SSSR count). The minimum Gasteiger partial charge on any atom is -0.485 e. The van der Waals surface area contributed by atoms with Crippen molar-refractivity contribution in [3.05, 3.63) is 54.6 Å². The van der Waals surface area contributed by atoms with Crippen molar-refractivity contribution in [2.75, 3.05) is 38.3 Å². The first-order chi connectivity index (χ1) is 15.2. The van der Waals surface area contributed by atoms with Crippen LogP contribution in [-0.2, 0) is 14.2 Å². The summed E-state index contributed by atoms with van der Waals surface area (Å²) in [5.74, 6) is 0.869. The Kier molecular flexibility index (Phi) is 5.35. The van der Waals surface area contributed by atoms with E-state index in [9.17, 15) is 4.79 Å². The van der Waals surface area contributed by atoms with Gasteiger partial charge < -0.3 is 23.8 Å². The third kappa shape index (κ3) is 4.01. The zero-order valence-corrected chi connectivity index (χ0v) is 17.0. The second-order valence-corrected chi connectivity index (χ2v) is 7.50. The van der Waals surface area contributed by atoms with Crippen LogP contribution in [0.1, 0.15) is 10.4 Å². The number of esters is 1. The maximum Gasteiger partial charge on any atom is 0.341 e. The Morgan fingerprint density at radius 3 is 2.52 bits per heavy atom. The molecule has 0 spiro atoms. The third-order valence-corrected chi connectivity index (χ3v) is 5.48. The van der Waals surface area contributed by atoms with E-state index in [-0.39, 0.29) is 18.3 Å². The lowest BCUT2D eigenvalue weighted by atomic mass is 10.1. The van der Waals surface area contributed by atoms with Crippen LogP contribution < -0.4 is 9.64 Å². The average Bonchev–Trinajstić information content (AvgIpc) is 3.14. The maximum absolute atomic E-state index is 11.6. The van der Waals surface area contributed by atoms with Gasteiger partial charge in [0, 0.05) is 48.6 Å². The van der Waals surface area contributed by atoms with Crippen LogP contribution in [0.4, 0.5) is 5.95 Å². The zero-order valence-electron chi connectivity index (χ0n) is 17.0. The molecule has 2 aromatic heterocycles. The zero-order chi connectivity index (χ0) is 21.2. The lowest BCUT2D eigenvalue weighted by Gasteiger charge is -2.20. The molecule has 3 aromatic rings. The van der Waals surface area contributed by atoms with Gasteiger partial charge in [-0.05, 0) is 12.1 Å². The number of fused-ring (bicyclic) bond motifs is 2. The standard InChI is InChI=1S/C22H22N4O5/c1-28-21(27)15-8-24-22(25-9-15)26-10-19-20(11-26)30-13-16(12-29-19)31-18-4-2-3-14-7-23-6-5-17(14)18/h2-9,16,19-20H,10-13H2,1H3/t19-,20-/m0/s1. The van der Waals surface area contributed by atoms with Crippen LogP contribution in [0.25, 0.3) is 10.8 Å². The Bertz CT molecular complexity index is 1060. The number of carbonyl (C=O) groups excluding carboxylic acids is 1. The van der Waals surface area contributed by atoms with Gasteiger partial charge >= 0.3 is 5.97 Å². The number of rotatable bonds is 4. The number of ether oxygens (including phenoxy) is 4. The summed E-state index contributed by atoms with van der Waals surface area (Å²) in [6.45, 7) is 2.07. The van der Waals surface area contributed by atoms with Gasteiger partial charge in [-0.15, -0.1) is 0 Å². The number of hydrogen-bond acceptors (Lipinski definition) is 9. The van der Waals surface area contributed by atoms with E-state index in [0.717, 1.165) is 16.5 Å². The number of pyridine rings is 1. The SMILES string of the molecule is COC(=O)c1cnc(N2C[C@@H]3OCC(Oc4cccc5cnccc45)CO[C@H]3C2)nc1. The molecule has 0 amide bonds. The molecule has 2 aliphatic heterocycles. The minimum atomic E-state index is -0.460. The number of benzene rings is 1. The number of nitrogens with zero attached hydrogens (tertiary/aromatic N) is 4. The molecule has 1 aromatic carbocycles. The normalized spacial score (nSPS) is 21.5. The highest BCUT2D eigenvalue weighted by Crippen LogP contribution is 2.28. The first-order valence-electron chi connectivity index (χ1n) is 10.1. The first kappa shape index (κ1) is 19.7. The molecule has 0 bridgehead atoms. The highest BCUT2D eigenvalue weighted by atomic mass is 16.6. The van der Waals surface area contributed by atoms with Crippen LogP contribution in [-0.4, -0.2) is 72.6 Å². The van der Waals surface area contributed by atoms with Gasteiger partial charge in [-0.3, -0.25) is 4.98 Å². The molecule has 31 heavy (non-hydrogen) atoms. The summed E-state index contributed by atoms with van der Waals surface area (Å²) >= 11 is 0. The van der Waals surface area contributed by atoms with E-state index in [4.69, 9.17) is 14.2 Å². The molecular formula is C22H22N4O5. The van der Waals surface area contributed by atoms with E-state index in [0.29, 0.717) is 37.8 Å². The summed E-state index contributed by atoms with van der Waals surface area (Å²) in [4.78, 5) is 26.3. The summed E-state index contributed by atoms with van der Waals surface area (Å²) in [5, 5.41) is 2.04. The second kappa shape index (κ2) is 8.44. The first-order valence-corrected chi connectivity index (χ1v) is 10.1. The number of anilines is 1. The molecule has 2 aliphatic rings. The topological polar surface area (TPSA) is 95.9 Å². The minimum absolute atomic E-state index is 0.103. The van der Waals surface area contributed by atoms with E-state index in [2.05, 4.69) is 19.7 Å². The summed E-state index contributed by atoms with van der Waals surface area (Å²) in [6, 6.07) is 7.86. The monoisotopic (exact) mass is 422 g/mol. The Morgan fingerprint density at radius 1 is 1.06 bits per heavy atom. The van der Waals surface area contributed by atoms with Crippen molar-refractivity contribution in [3.8, 4) is 5.75 Å². The Hall–Kier alpha value is -3.30. The van der Waals surface area contributed by atoms with Crippen molar-refractivity contribution in [2.24, 2.45) is 0 Å². The number of aromatic nitrogens is 3. The van der Waals surface area contributed by atoms with E-state index in [1.807, 2.05) is 35.4 Å². The van der Waals surface area contributed by atoms with Gasteiger partial charge in [-0.1, -0.05) is 12.1 Å². The van der Waals surface area contributed by atoms with Crippen LogP contribution >= 0.6 is 0 Å². The van der Waals surface area contributed by atoms with Crippen molar-refractivity contribution in [2.45, 2.75) is 18.3 Å². The fraction of sp³-hybridized carbons (Fsp3) is 0.364. The summed E-state index contributed by atoms with van der Waals surface area (Å²) < 4.78 is 23.1. The summed E-state index contributed by atoms with van der Waals surface area (Å²) in [7, 11) is 1.33. The van der Waals surface area contributed by atoms with Gasteiger partial charge in [-0.25, -0.2) is 14.8 Å². The highest BCUT2D eigenvalue weighted by Gasteiger charge is 2.39. The fourth-order valence-electron chi connectivity index (χ4n) is 3.89. The van der Waals surface area contributed by atoms with Crippen molar-refractivity contribution < 1.29 is 23.7 Å². The summed E-state index contributed by atoms with van der Waals surface area (Å²) in [6.07, 6.45) is 6.10. The number of hydrogen-bond donors (Lipinski definition) is 0. The molecule has 0 saturated carbocycles. The quantitative estimate of drug-likeness (QED) is 0.584. The van der Waals surface area contributed by atoms with Crippen LogP contribution in [0.5, 0.6) is 5.75 Å². The van der Waals surface area contributed by atoms with Gasteiger partial charge in [0.25, 0.3) is 0 Å². The van der Waals surface area contributed by atoms with Crippen molar-refractivity contribution in [1.29, 1.82) is 0 Å². The van der Waals surface area contributed by atoms with Gasteiger partial charge in [-0.2, -0.15) is 0 Å². The fourth-order valence-corrected chi connectivity index (χ4v) is 3.89. The molecule has 0 N–H and O–H groups in total. The Balaban J connectivity index is 1.22. The van der Waals surface area contributed by atoms with E-state index < -0.39 is 5.97 Å². The third-order valence-electron chi connectivity index (χ3n) is 5.48. The van der Waals surface area contributed by atoms with Crippen LogP contribution in [0, 0.1) is 0 Å². The van der Waals surface area contributed by atoms with Crippen LogP contribution in [0.3, 0.4) is 0 Å². The second-order valence-electron chi connectivity index (χ2n) is 7.50. The van der Waals surface area contributed by atoms with Gasteiger partial charge in [0.05, 0.1) is 25.9 Å². The van der Waals surface area contributed by atoms with E-state index in [1.54, 1.807) is 6.20 Å². The average molecular weight is 422 g/mol. The molecule has 9 heteroatoms. The molecule has 0 radical (unpaired) electrons. The summed E-state index contributed by atoms with van der Waals surface area (Å²) in [5.41, 5.74) is 0.316. The molecule has 0 aliphatic carbocycles. The van der Waals surface area contributed by atoms with Crippen LogP contribution in [0.2, 0.25) is 0 Å². The van der Waals surface area contributed by atoms with E-state index in [1.165, 1.54) is 19.5 Å². The smallest absolute Gasteiger partial charge is 0.341 e. The highest BCUT2D eigenvalue weighted by molar-refractivity contribution is 5.88. The maximum atomic E-state index is 11.6. The number of carbonyl (C=O) groups is 1. The van der Waals surface area contributed by atoms with Gasteiger partial charge in [0.2, 0.25) is 5.95 Å². The molecule has 4 heterocycles. The van der Waals surface area contributed by atoms with Gasteiger partial charge in [0.15, 0.2) is 0 Å². The van der Waals surface area contributed by atoms with E-state index >= 15 is 0 Å². The van der Waals surface area contributed by atoms with Crippen molar-refractivity contribution in [3.63, 3.8) is 0 Å².